The number of aromatic nitrogens is 2. The Morgan fingerprint density at radius 1 is 1.39 bits per heavy atom. The van der Waals surface area contributed by atoms with Crippen LogP contribution in [0.15, 0.2) is 6.20 Å². The largest absolute Gasteiger partial charge is 0.462 e. The van der Waals surface area contributed by atoms with Crippen LogP contribution in [0.25, 0.3) is 0 Å². The highest BCUT2D eigenvalue weighted by Crippen LogP contribution is 2.18. The van der Waals surface area contributed by atoms with Crippen LogP contribution in [0.5, 0.6) is 0 Å². The lowest BCUT2D eigenvalue weighted by Gasteiger charge is -2.14. The van der Waals surface area contributed by atoms with Gasteiger partial charge in [0.05, 0.1) is 25.1 Å². The topological polar surface area (TPSA) is 53.4 Å². The van der Waals surface area contributed by atoms with E-state index >= 15 is 0 Å². The van der Waals surface area contributed by atoms with E-state index in [9.17, 15) is 4.79 Å². The summed E-state index contributed by atoms with van der Waals surface area (Å²) in [6.07, 6.45) is 2.52. The highest BCUT2D eigenvalue weighted by Gasteiger charge is 2.20. The maximum Gasteiger partial charge on any atom is 0.341 e. The summed E-state index contributed by atoms with van der Waals surface area (Å²) in [7, 11) is 0. The Labute approximate surface area is 108 Å². The normalized spacial score (nSPS) is 12.4. The van der Waals surface area contributed by atoms with Gasteiger partial charge in [-0.3, -0.25) is 4.68 Å². The van der Waals surface area contributed by atoms with Crippen molar-refractivity contribution < 1.29 is 14.3 Å². The van der Waals surface area contributed by atoms with Gasteiger partial charge in [0.1, 0.15) is 5.56 Å². The van der Waals surface area contributed by atoms with Crippen LogP contribution in [-0.4, -0.2) is 29.0 Å². The molecule has 0 amide bonds. The molecule has 0 fully saturated rings. The van der Waals surface area contributed by atoms with Gasteiger partial charge in [0.15, 0.2) is 0 Å². The molecule has 0 radical (unpaired) electrons. The van der Waals surface area contributed by atoms with Crippen LogP contribution in [0.3, 0.4) is 0 Å². The first-order valence-corrected chi connectivity index (χ1v) is 6.46. The second kappa shape index (κ2) is 7.16. The van der Waals surface area contributed by atoms with E-state index in [-0.39, 0.29) is 12.0 Å². The Hall–Kier alpha value is -1.36. The molecule has 18 heavy (non-hydrogen) atoms. The molecule has 1 heterocycles. The molecule has 0 saturated carbocycles. The molecule has 1 atom stereocenters. The number of carbonyl (C=O) groups is 1. The Kier molecular flexibility index (Phi) is 5.85. The Balaban J connectivity index is 3.02. The summed E-state index contributed by atoms with van der Waals surface area (Å²) < 4.78 is 12.3. The standard InChI is InChI=1S/C13H22N2O3/c1-5-10(4)15-12(9-17-6-2)11(8-14-15)13(16)18-7-3/h8,10H,5-7,9H2,1-4H3. The molecule has 0 aromatic carbocycles. The molecule has 0 bridgehead atoms. The maximum absolute atomic E-state index is 11.8. The van der Waals surface area contributed by atoms with E-state index in [1.54, 1.807) is 13.1 Å². The van der Waals surface area contributed by atoms with Crippen LogP contribution in [0.2, 0.25) is 0 Å². The van der Waals surface area contributed by atoms with Crippen LogP contribution >= 0.6 is 0 Å². The second-order valence-electron chi connectivity index (χ2n) is 4.06. The third kappa shape index (κ3) is 3.32. The van der Waals surface area contributed by atoms with Crippen molar-refractivity contribution in [3.63, 3.8) is 0 Å². The first-order chi connectivity index (χ1) is 8.65. The molecule has 1 aromatic rings. The number of nitrogens with zero attached hydrogens (tertiary/aromatic N) is 2. The fraction of sp³-hybridized carbons (Fsp3) is 0.692. The van der Waals surface area contributed by atoms with Crippen molar-refractivity contribution in [2.24, 2.45) is 0 Å². The zero-order valence-electron chi connectivity index (χ0n) is 11.6. The molecule has 5 nitrogen and oxygen atoms in total. The Bertz CT molecular complexity index is 388. The zero-order valence-corrected chi connectivity index (χ0v) is 11.6. The van der Waals surface area contributed by atoms with Crippen molar-refractivity contribution in [1.29, 1.82) is 0 Å². The van der Waals surface area contributed by atoms with Crippen molar-refractivity contribution in [3.8, 4) is 0 Å². The van der Waals surface area contributed by atoms with Gasteiger partial charge in [-0.05, 0) is 27.2 Å². The molecule has 5 heteroatoms. The van der Waals surface area contributed by atoms with E-state index in [2.05, 4.69) is 18.9 Å². The van der Waals surface area contributed by atoms with Gasteiger partial charge in [-0.1, -0.05) is 6.92 Å². The van der Waals surface area contributed by atoms with Crippen molar-refractivity contribution >= 4 is 5.97 Å². The predicted molar refractivity (Wildman–Crippen MR) is 68.5 cm³/mol. The van der Waals surface area contributed by atoms with E-state index in [0.29, 0.717) is 25.4 Å². The van der Waals surface area contributed by atoms with Crippen molar-refractivity contribution in [1.82, 2.24) is 9.78 Å². The average Bonchev–Trinajstić information content (AvgIpc) is 2.79. The SMILES string of the molecule is CCOCc1c(C(=O)OCC)cnn1C(C)CC. The highest BCUT2D eigenvalue weighted by atomic mass is 16.5. The van der Waals surface area contributed by atoms with E-state index < -0.39 is 0 Å². The van der Waals surface area contributed by atoms with Gasteiger partial charge in [0, 0.05) is 12.6 Å². The third-order valence-corrected chi connectivity index (χ3v) is 2.85. The average molecular weight is 254 g/mol. The Morgan fingerprint density at radius 2 is 2.11 bits per heavy atom. The molecule has 0 aliphatic rings. The highest BCUT2D eigenvalue weighted by molar-refractivity contribution is 5.90. The molecule has 0 spiro atoms. The van der Waals surface area contributed by atoms with Crippen LogP contribution in [0.4, 0.5) is 0 Å². The second-order valence-corrected chi connectivity index (χ2v) is 4.06. The van der Waals surface area contributed by atoms with Crippen LogP contribution < -0.4 is 0 Å². The predicted octanol–water partition coefficient (Wildman–Crippen LogP) is 2.57. The molecule has 1 rings (SSSR count). The summed E-state index contributed by atoms with van der Waals surface area (Å²) in [5, 5.41) is 4.28. The lowest BCUT2D eigenvalue weighted by atomic mass is 10.2. The third-order valence-electron chi connectivity index (χ3n) is 2.85. The number of hydrogen-bond acceptors (Lipinski definition) is 4. The minimum atomic E-state index is -0.332. The lowest BCUT2D eigenvalue weighted by molar-refractivity contribution is 0.0518. The van der Waals surface area contributed by atoms with E-state index in [0.717, 1.165) is 12.1 Å². The van der Waals surface area contributed by atoms with Gasteiger partial charge < -0.3 is 9.47 Å². The molecule has 0 aliphatic heterocycles. The van der Waals surface area contributed by atoms with Crippen molar-refractivity contribution in [3.05, 3.63) is 17.5 Å². The molecule has 1 aromatic heterocycles. The van der Waals surface area contributed by atoms with E-state index in [4.69, 9.17) is 9.47 Å². The minimum absolute atomic E-state index is 0.239. The number of carbonyl (C=O) groups excluding carboxylic acids is 1. The summed E-state index contributed by atoms with van der Waals surface area (Å²) in [6, 6.07) is 0.239. The van der Waals surface area contributed by atoms with Crippen molar-refractivity contribution in [2.75, 3.05) is 13.2 Å². The number of rotatable bonds is 7. The molecule has 0 saturated heterocycles. The van der Waals surface area contributed by atoms with Gasteiger partial charge in [-0.25, -0.2) is 4.79 Å². The van der Waals surface area contributed by atoms with Gasteiger partial charge in [-0.15, -0.1) is 0 Å². The van der Waals surface area contributed by atoms with Crippen LogP contribution in [0, 0.1) is 0 Å². The van der Waals surface area contributed by atoms with Crippen molar-refractivity contribution in [2.45, 2.75) is 46.8 Å². The van der Waals surface area contributed by atoms with Gasteiger partial charge in [0.25, 0.3) is 0 Å². The molecule has 0 aliphatic carbocycles. The number of ether oxygens (including phenoxy) is 2. The lowest BCUT2D eigenvalue weighted by Crippen LogP contribution is -2.14. The quantitative estimate of drug-likeness (QED) is 0.702. The molecule has 1 unspecified atom stereocenters. The smallest absolute Gasteiger partial charge is 0.341 e. The minimum Gasteiger partial charge on any atom is -0.462 e. The number of esters is 1. The van der Waals surface area contributed by atoms with Gasteiger partial charge in [0.2, 0.25) is 0 Å². The fourth-order valence-electron chi connectivity index (χ4n) is 1.66. The summed E-state index contributed by atoms with van der Waals surface area (Å²) in [6.45, 7) is 9.22. The first-order valence-electron chi connectivity index (χ1n) is 6.46. The summed E-state index contributed by atoms with van der Waals surface area (Å²) in [5.41, 5.74) is 1.30. The Morgan fingerprint density at radius 3 is 2.67 bits per heavy atom. The zero-order chi connectivity index (χ0) is 13.5. The van der Waals surface area contributed by atoms with Gasteiger partial charge in [-0.2, -0.15) is 5.10 Å². The molecule has 0 N–H and O–H groups in total. The maximum atomic E-state index is 11.8. The molecule has 102 valence electrons. The van der Waals surface area contributed by atoms with E-state index in [1.165, 1.54) is 0 Å². The van der Waals surface area contributed by atoms with Crippen LogP contribution in [0.1, 0.15) is 56.2 Å². The summed E-state index contributed by atoms with van der Waals surface area (Å²) in [4.78, 5) is 11.8. The van der Waals surface area contributed by atoms with Gasteiger partial charge >= 0.3 is 5.97 Å². The monoisotopic (exact) mass is 254 g/mol. The summed E-state index contributed by atoms with van der Waals surface area (Å²) in [5.74, 6) is -0.332. The molecular weight excluding hydrogens is 232 g/mol. The molecular formula is C13H22N2O3. The fourth-order valence-corrected chi connectivity index (χ4v) is 1.66. The van der Waals surface area contributed by atoms with E-state index in [1.807, 2.05) is 11.6 Å². The number of hydrogen-bond donors (Lipinski definition) is 0. The summed E-state index contributed by atoms with van der Waals surface area (Å²) >= 11 is 0. The van der Waals surface area contributed by atoms with Crippen LogP contribution in [-0.2, 0) is 16.1 Å². The first kappa shape index (κ1) is 14.7.